The number of fused-ring (bicyclic) bond motifs is 1. The summed E-state index contributed by atoms with van der Waals surface area (Å²) in [7, 11) is 0. The van der Waals surface area contributed by atoms with Crippen LogP contribution in [0.3, 0.4) is 0 Å². The van der Waals surface area contributed by atoms with Gasteiger partial charge in [-0.05, 0) is 44.7 Å². The molecule has 4 rings (SSSR count). The van der Waals surface area contributed by atoms with Gasteiger partial charge in [0.05, 0.1) is 18.9 Å². The number of pyridine rings is 1. The van der Waals surface area contributed by atoms with Crippen molar-refractivity contribution in [3.8, 4) is 5.75 Å². The van der Waals surface area contributed by atoms with Gasteiger partial charge in [0.15, 0.2) is 0 Å². The SMILES string of the molecule is Cc1ccc2cccc(OCCNC(=O)C3CC(=O)OC34CCCC4)c2n1. The molecule has 2 aliphatic rings. The maximum Gasteiger partial charge on any atom is 0.307 e. The van der Waals surface area contributed by atoms with Gasteiger partial charge in [0.2, 0.25) is 5.91 Å². The number of nitrogens with zero attached hydrogens (tertiary/aromatic N) is 1. The third-order valence-electron chi connectivity index (χ3n) is 5.57. The molecule has 1 aromatic heterocycles. The van der Waals surface area contributed by atoms with Crippen molar-refractivity contribution in [2.75, 3.05) is 13.2 Å². The fraction of sp³-hybridized carbons (Fsp3) is 0.476. The first-order valence-electron chi connectivity index (χ1n) is 9.56. The molecule has 2 heterocycles. The molecule has 1 aliphatic heterocycles. The first-order chi connectivity index (χ1) is 13.1. The Bertz CT molecular complexity index is 874. The fourth-order valence-corrected chi connectivity index (χ4v) is 4.24. The molecule has 1 N–H and O–H groups in total. The Hall–Kier alpha value is -2.63. The van der Waals surface area contributed by atoms with Gasteiger partial charge in [0, 0.05) is 11.1 Å². The highest BCUT2D eigenvalue weighted by molar-refractivity contribution is 5.88. The van der Waals surface area contributed by atoms with Crippen molar-refractivity contribution >= 4 is 22.8 Å². The van der Waals surface area contributed by atoms with E-state index in [9.17, 15) is 9.59 Å². The van der Waals surface area contributed by atoms with Crippen molar-refractivity contribution in [3.63, 3.8) is 0 Å². The van der Waals surface area contributed by atoms with Crippen LogP contribution >= 0.6 is 0 Å². The van der Waals surface area contributed by atoms with Gasteiger partial charge >= 0.3 is 5.97 Å². The topological polar surface area (TPSA) is 77.5 Å². The summed E-state index contributed by atoms with van der Waals surface area (Å²) in [4.78, 5) is 28.9. The number of carbonyl (C=O) groups is 2. The molecule has 0 radical (unpaired) electrons. The van der Waals surface area contributed by atoms with Crippen LogP contribution in [0.15, 0.2) is 30.3 Å². The predicted molar refractivity (Wildman–Crippen MR) is 100 cm³/mol. The monoisotopic (exact) mass is 368 g/mol. The summed E-state index contributed by atoms with van der Waals surface area (Å²) in [5.41, 5.74) is 1.18. The van der Waals surface area contributed by atoms with E-state index in [4.69, 9.17) is 9.47 Å². The van der Waals surface area contributed by atoms with Gasteiger partial charge in [0.1, 0.15) is 23.5 Å². The molecular weight excluding hydrogens is 344 g/mol. The number of rotatable bonds is 5. The number of ether oxygens (including phenoxy) is 2. The number of benzene rings is 1. The third-order valence-corrected chi connectivity index (χ3v) is 5.57. The van der Waals surface area contributed by atoms with Crippen molar-refractivity contribution in [2.45, 2.75) is 44.6 Å². The van der Waals surface area contributed by atoms with E-state index in [1.165, 1.54) is 0 Å². The molecule has 1 atom stereocenters. The second-order valence-corrected chi connectivity index (χ2v) is 7.42. The van der Waals surface area contributed by atoms with E-state index in [2.05, 4.69) is 10.3 Å². The van der Waals surface area contributed by atoms with Gasteiger partial charge in [-0.1, -0.05) is 18.2 Å². The Morgan fingerprint density at radius 2 is 2.11 bits per heavy atom. The lowest BCUT2D eigenvalue weighted by atomic mass is 9.85. The van der Waals surface area contributed by atoms with Crippen LogP contribution in [0, 0.1) is 12.8 Å². The highest BCUT2D eigenvalue weighted by Gasteiger charge is 2.53. The maximum absolute atomic E-state index is 12.6. The summed E-state index contributed by atoms with van der Waals surface area (Å²) >= 11 is 0. The highest BCUT2D eigenvalue weighted by atomic mass is 16.6. The van der Waals surface area contributed by atoms with Gasteiger partial charge in [-0.25, -0.2) is 4.98 Å². The minimum Gasteiger partial charge on any atom is -0.489 e. The number of amides is 1. The minimum absolute atomic E-state index is 0.113. The lowest BCUT2D eigenvalue weighted by molar-refractivity contribution is -0.149. The number of para-hydroxylation sites is 1. The van der Waals surface area contributed by atoms with E-state index in [1.807, 2.05) is 37.3 Å². The molecule has 1 saturated heterocycles. The summed E-state index contributed by atoms with van der Waals surface area (Å²) in [6.07, 6.45) is 3.77. The van der Waals surface area contributed by atoms with Gasteiger partial charge in [0.25, 0.3) is 0 Å². The quantitative estimate of drug-likeness (QED) is 0.649. The maximum atomic E-state index is 12.6. The average molecular weight is 368 g/mol. The van der Waals surface area contributed by atoms with Crippen LogP contribution < -0.4 is 10.1 Å². The van der Waals surface area contributed by atoms with E-state index in [1.54, 1.807) is 0 Å². The molecule has 2 aromatic rings. The van der Waals surface area contributed by atoms with E-state index in [0.29, 0.717) is 18.9 Å². The predicted octanol–water partition coefficient (Wildman–Crippen LogP) is 2.91. The van der Waals surface area contributed by atoms with Crippen LogP contribution in [0.5, 0.6) is 5.75 Å². The van der Waals surface area contributed by atoms with Crippen LogP contribution in [0.1, 0.15) is 37.8 Å². The van der Waals surface area contributed by atoms with Crippen molar-refractivity contribution in [1.82, 2.24) is 10.3 Å². The number of nitrogens with one attached hydrogen (secondary N) is 1. The van der Waals surface area contributed by atoms with Gasteiger partial charge in [-0.15, -0.1) is 0 Å². The Kier molecular flexibility index (Phi) is 4.72. The zero-order chi connectivity index (χ0) is 18.9. The van der Waals surface area contributed by atoms with E-state index < -0.39 is 5.60 Å². The van der Waals surface area contributed by atoms with E-state index >= 15 is 0 Å². The molecule has 27 heavy (non-hydrogen) atoms. The van der Waals surface area contributed by atoms with Crippen LogP contribution in [-0.4, -0.2) is 35.6 Å². The summed E-state index contributed by atoms with van der Waals surface area (Å²) in [6.45, 7) is 2.66. The second kappa shape index (κ2) is 7.18. The molecule has 1 amide bonds. The normalized spacial score (nSPS) is 20.8. The fourth-order valence-electron chi connectivity index (χ4n) is 4.24. The smallest absolute Gasteiger partial charge is 0.307 e. The highest BCUT2D eigenvalue weighted by Crippen LogP contribution is 2.45. The van der Waals surface area contributed by atoms with Crippen molar-refractivity contribution < 1.29 is 19.1 Å². The van der Waals surface area contributed by atoms with Crippen LogP contribution in [0.25, 0.3) is 10.9 Å². The zero-order valence-corrected chi connectivity index (χ0v) is 15.5. The first kappa shape index (κ1) is 17.8. The number of esters is 1. The molecule has 142 valence electrons. The molecule has 6 nitrogen and oxygen atoms in total. The average Bonchev–Trinajstić information content (AvgIpc) is 3.25. The summed E-state index contributed by atoms with van der Waals surface area (Å²) in [5.74, 6) is -0.0461. The number of hydrogen-bond acceptors (Lipinski definition) is 5. The number of carbonyl (C=O) groups excluding carboxylic acids is 2. The summed E-state index contributed by atoms with van der Waals surface area (Å²) in [5, 5.41) is 3.93. The molecule has 2 fully saturated rings. The Labute approximate surface area is 158 Å². The molecule has 1 aromatic carbocycles. The van der Waals surface area contributed by atoms with Gasteiger partial charge in [-0.3, -0.25) is 9.59 Å². The molecular formula is C21H24N2O4. The number of aryl methyl sites for hydroxylation is 1. The van der Waals surface area contributed by atoms with Crippen LogP contribution in [0.4, 0.5) is 0 Å². The van der Waals surface area contributed by atoms with E-state index in [-0.39, 0.29) is 24.2 Å². The van der Waals surface area contributed by atoms with Crippen LogP contribution in [0.2, 0.25) is 0 Å². The van der Waals surface area contributed by atoms with Crippen LogP contribution in [-0.2, 0) is 14.3 Å². The number of aromatic nitrogens is 1. The van der Waals surface area contributed by atoms with Crippen molar-refractivity contribution in [3.05, 3.63) is 36.0 Å². The van der Waals surface area contributed by atoms with Crippen molar-refractivity contribution in [1.29, 1.82) is 0 Å². The zero-order valence-electron chi connectivity index (χ0n) is 15.5. The Morgan fingerprint density at radius 1 is 1.30 bits per heavy atom. The van der Waals surface area contributed by atoms with Gasteiger partial charge < -0.3 is 14.8 Å². The molecule has 0 bridgehead atoms. The lowest BCUT2D eigenvalue weighted by Crippen LogP contribution is -2.43. The minimum atomic E-state index is -0.570. The lowest BCUT2D eigenvalue weighted by Gasteiger charge is -2.27. The first-order valence-corrected chi connectivity index (χ1v) is 9.56. The Morgan fingerprint density at radius 3 is 2.93 bits per heavy atom. The molecule has 1 unspecified atom stereocenters. The molecule has 1 aliphatic carbocycles. The molecule has 6 heteroatoms. The van der Waals surface area contributed by atoms with Gasteiger partial charge in [-0.2, -0.15) is 0 Å². The summed E-state index contributed by atoms with van der Waals surface area (Å²) < 4.78 is 11.4. The molecule has 1 saturated carbocycles. The number of hydrogen-bond donors (Lipinski definition) is 1. The van der Waals surface area contributed by atoms with Crippen molar-refractivity contribution in [2.24, 2.45) is 5.92 Å². The summed E-state index contributed by atoms with van der Waals surface area (Å²) in [6, 6.07) is 9.79. The second-order valence-electron chi connectivity index (χ2n) is 7.42. The Balaban J connectivity index is 1.35. The standard InChI is InChI=1S/C21H24N2O4/c1-14-7-8-15-5-4-6-17(19(15)23-14)26-12-11-22-20(25)16-13-18(24)27-21(16)9-2-3-10-21/h4-8,16H,2-3,9-13H2,1H3,(H,22,25). The third kappa shape index (κ3) is 3.48. The van der Waals surface area contributed by atoms with E-state index in [0.717, 1.165) is 42.3 Å². The molecule has 1 spiro atoms. The largest absolute Gasteiger partial charge is 0.489 e.